The molecule has 1 atom stereocenters. The van der Waals surface area contributed by atoms with E-state index in [0.717, 1.165) is 0 Å². The number of carbonyl (C=O) groups excluding carboxylic acids is 2. The topological polar surface area (TPSA) is 102 Å². The molecule has 1 aliphatic heterocycles. The molecule has 0 bridgehead atoms. The predicted molar refractivity (Wildman–Crippen MR) is 99.8 cm³/mol. The molecule has 8 heteroatoms. The van der Waals surface area contributed by atoms with Crippen LogP contribution in [0.25, 0.3) is 0 Å². The monoisotopic (exact) mass is 369 g/mol. The Labute approximate surface area is 155 Å². The average molecular weight is 369 g/mol. The smallest absolute Gasteiger partial charge is 0.271 e. The van der Waals surface area contributed by atoms with Crippen LogP contribution in [0.3, 0.4) is 0 Å². The Morgan fingerprint density at radius 1 is 1.30 bits per heavy atom. The number of nitro benzene ring substituents is 1. The minimum Gasteiger partial charge on any atom is -0.494 e. The Balaban J connectivity index is 1.66. The third-order valence-electron chi connectivity index (χ3n) is 4.28. The van der Waals surface area contributed by atoms with E-state index in [-0.39, 0.29) is 30.5 Å². The van der Waals surface area contributed by atoms with Crippen molar-refractivity contribution in [2.24, 2.45) is 5.92 Å². The summed E-state index contributed by atoms with van der Waals surface area (Å²) in [5.74, 6) is -0.311. The number of anilines is 2. The Morgan fingerprint density at radius 2 is 2.04 bits per heavy atom. The van der Waals surface area contributed by atoms with Crippen LogP contribution in [0.2, 0.25) is 0 Å². The van der Waals surface area contributed by atoms with E-state index in [1.807, 2.05) is 6.92 Å². The molecule has 8 nitrogen and oxygen atoms in total. The van der Waals surface area contributed by atoms with Crippen LogP contribution in [-0.4, -0.2) is 29.9 Å². The maximum absolute atomic E-state index is 12.5. The molecular weight excluding hydrogens is 350 g/mol. The van der Waals surface area contributed by atoms with Gasteiger partial charge in [-0.05, 0) is 37.3 Å². The number of ether oxygens (including phenoxy) is 1. The van der Waals surface area contributed by atoms with E-state index in [4.69, 9.17) is 4.74 Å². The molecule has 1 heterocycles. The molecule has 0 spiro atoms. The molecule has 140 valence electrons. The van der Waals surface area contributed by atoms with Crippen LogP contribution in [0.1, 0.15) is 13.3 Å². The molecule has 0 unspecified atom stereocenters. The van der Waals surface area contributed by atoms with Gasteiger partial charge in [-0.25, -0.2) is 0 Å². The molecule has 3 rings (SSSR count). The lowest BCUT2D eigenvalue weighted by atomic mass is 10.1. The fourth-order valence-corrected chi connectivity index (χ4v) is 2.95. The quantitative estimate of drug-likeness (QED) is 0.623. The van der Waals surface area contributed by atoms with Gasteiger partial charge in [-0.2, -0.15) is 0 Å². The zero-order chi connectivity index (χ0) is 19.4. The summed E-state index contributed by atoms with van der Waals surface area (Å²) in [6, 6.07) is 12.8. The van der Waals surface area contributed by atoms with E-state index in [1.54, 1.807) is 30.3 Å². The van der Waals surface area contributed by atoms with Gasteiger partial charge in [0.05, 0.1) is 23.1 Å². The van der Waals surface area contributed by atoms with Crippen molar-refractivity contribution in [2.45, 2.75) is 13.3 Å². The first-order valence-electron chi connectivity index (χ1n) is 8.56. The zero-order valence-corrected chi connectivity index (χ0v) is 14.8. The van der Waals surface area contributed by atoms with Gasteiger partial charge >= 0.3 is 0 Å². The summed E-state index contributed by atoms with van der Waals surface area (Å²) in [4.78, 5) is 36.6. The molecule has 2 aromatic carbocycles. The Bertz CT molecular complexity index is 866. The second-order valence-electron chi connectivity index (χ2n) is 6.13. The lowest BCUT2D eigenvalue weighted by Crippen LogP contribution is -2.28. The second kappa shape index (κ2) is 7.86. The zero-order valence-electron chi connectivity index (χ0n) is 14.8. The lowest BCUT2D eigenvalue weighted by Gasteiger charge is -2.16. The van der Waals surface area contributed by atoms with E-state index < -0.39 is 10.8 Å². The van der Waals surface area contributed by atoms with Crippen molar-refractivity contribution in [1.82, 2.24) is 0 Å². The molecule has 0 radical (unpaired) electrons. The van der Waals surface area contributed by atoms with Crippen molar-refractivity contribution >= 4 is 28.9 Å². The molecule has 2 aromatic rings. The number of amides is 2. The van der Waals surface area contributed by atoms with Gasteiger partial charge in [0.2, 0.25) is 11.8 Å². The van der Waals surface area contributed by atoms with Crippen LogP contribution in [-0.2, 0) is 9.59 Å². The van der Waals surface area contributed by atoms with Gasteiger partial charge in [-0.1, -0.05) is 6.07 Å². The first kappa shape index (κ1) is 18.4. The van der Waals surface area contributed by atoms with Crippen molar-refractivity contribution in [3.05, 3.63) is 58.6 Å². The van der Waals surface area contributed by atoms with Crippen LogP contribution < -0.4 is 15.0 Å². The summed E-state index contributed by atoms with van der Waals surface area (Å²) in [6.45, 7) is 2.63. The van der Waals surface area contributed by atoms with Gasteiger partial charge in [0.1, 0.15) is 5.75 Å². The highest BCUT2D eigenvalue weighted by Crippen LogP contribution is 2.28. The number of carbonyl (C=O) groups is 2. The summed E-state index contributed by atoms with van der Waals surface area (Å²) in [6.07, 6.45) is 0.0611. The van der Waals surface area contributed by atoms with Crippen LogP contribution in [0, 0.1) is 16.0 Å². The number of hydrogen-bond donors (Lipinski definition) is 1. The third-order valence-corrected chi connectivity index (χ3v) is 4.28. The summed E-state index contributed by atoms with van der Waals surface area (Å²) < 4.78 is 5.36. The minimum absolute atomic E-state index is 0.0611. The summed E-state index contributed by atoms with van der Waals surface area (Å²) in [5, 5.41) is 13.7. The lowest BCUT2D eigenvalue weighted by molar-refractivity contribution is -0.384. The van der Waals surface area contributed by atoms with Crippen LogP contribution in [0.4, 0.5) is 17.1 Å². The second-order valence-corrected chi connectivity index (χ2v) is 6.13. The van der Waals surface area contributed by atoms with Gasteiger partial charge in [0.25, 0.3) is 5.69 Å². The molecule has 0 aromatic heterocycles. The number of rotatable bonds is 6. The number of non-ortho nitro benzene ring substituents is 1. The normalized spacial score (nSPS) is 16.3. The first-order chi connectivity index (χ1) is 13.0. The van der Waals surface area contributed by atoms with Gasteiger partial charge < -0.3 is 15.0 Å². The highest BCUT2D eigenvalue weighted by molar-refractivity contribution is 6.03. The number of nitrogens with zero attached hydrogens (tertiary/aromatic N) is 2. The van der Waals surface area contributed by atoms with Gasteiger partial charge in [0, 0.05) is 30.8 Å². The third kappa shape index (κ3) is 4.22. The van der Waals surface area contributed by atoms with E-state index in [9.17, 15) is 19.7 Å². The summed E-state index contributed by atoms with van der Waals surface area (Å²) in [7, 11) is 0. The number of hydrogen-bond acceptors (Lipinski definition) is 5. The van der Waals surface area contributed by atoms with Crippen molar-refractivity contribution < 1.29 is 19.2 Å². The molecule has 1 aliphatic rings. The summed E-state index contributed by atoms with van der Waals surface area (Å²) in [5.41, 5.74) is 0.942. The standard InChI is InChI=1S/C19H19N3O5/c1-2-27-17-8-6-14(7-9-17)20-19(24)13-10-18(23)21(12-13)15-4-3-5-16(11-15)22(25)26/h3-9,11,13H,2,10,12H2,1H3,(H,20,24)/t13-/m0/s1. The highest BCUT2D eigenvalue weighted by atomic mass is 16.6. The molecule has 0 aliphatic carbocycles. The Morgan fingerprint density at radius 3 is 2.70 bits per heavy atom. The van der Waals surface area contributed by atoms with E-state index in [1.165, 1.54) is 23.1 Å². The number of nitro groups is 1. The minimum atomic E-state index is -0.525. The van der Waals surface area contributed by atoms with E-state index in [2.05, 4.69) is 5.32 Å². The van der Waals surface area contributed by atoms with Crippen molar-refractivity contribution in [3.63, 3.8) is 0 Å². The largest absolute Gasteiger partial charge is 0.494 e. The maximum Gasteiger partial charge on any atom is 0.271 e. The maximum atomic E-state index is 12.5. The van der Waals surface area contributed by atoms with E-state index >= 15 is 0 Å². The molecule has 2 amide bonds. The average Bonchev–Trinajstić information content (AvgIpc) is 3.05. The van der Waals surface area contributed by atoms with Crippen LogP contribution in [0.15, 0.2) is 48.5 Å². The predicted octanol–water partition coefficient (Wildman–Crippen LogP) is 2.99. The Kier molecular flexibility index (Phi) is 5.35. The van der Waals surface area contributed by atoms with Crippen LogP contribution in [0.5, 0.6) is 5.75 Å². The molecule has 1 saturated heterocycles. The fraction of sp³-hybridized carbons (Fsp3) is 0.263. The fourth-order valence-electron chi connectivity index (χ4n) is 2.95. The highest BCUT2D eigenvalue weighted by Gasteiger charge is 2.35. The van der Waals surface area contributed by atoms with Gasteiger partial charge in [0.15, 0.2) is 0 Å². The van der Waals surface area contributed by atoms with E-state index in [0.29, 0.717) is 23.7 Å². The molecule has 27 heavy (non-hydrogen) atoms. The molecule has 0 saturated carbocycles. The number of benzene rings is 2. The number of nitrogens with one attached hydrogen (secondary N) is 1. The van der Waals surface area contributed by atoms with Gasteiger partial charge in [-0.3, -0.25) is 19.7 Å². The van der Waals surface area contributed by atoms with Crippen molar-refractivity contribution in [2.75, 3.05) is 23.4 Å². The molecule has 1 fully saturated rings. The molecule has 1 N–H and O–H groups in total. The SMILES string of the molecule is CCOc1ccc(NC(=O)[C@H]2CC(=O)N(c3cccc([N+](=O)[O-])c3)C2)cc1. The van der Waals surface area contributed by atoms with Crippen molar-refractivity contribution in [3.8, 4) is 5.75 Å². The molecular formula is C19H19N3O5. The van der Waals surface area contributed by atoms with Crippen LogP contribution >= 0.6 is 0 Å². The van der Waals surface area contributed by atoms with Gasteiger partial charge in [-0.15, -0.1) is 0 Å². The Hall–Kier alpha value is -3.42. The van der Waals surface area contributed by atoms with Crippen molar-refractivity contribution in [1.29, 1.82) is 0 Å². The summed E-state index contributed by atoms with van der Waals surface area (Å²) >= 11 is 0. The first-order valence-corrected chi connectivity index (χ1v) is 8.56.